The molecule has 0 radical (unpaired) electrons. The number of hydrogen-bond donors (Lipinski definition) is 1. The van der Waals surface area contributed by atoms with Gasteiger partial charge < -0.3 is 19.3 Å². The maximum Gasteiger partial charge on any atom is 1.00 e. The van der Waals surface area contributed by atoms with Gasteiger partial charge in [0.1, 0.15) is 5.16 Å². The molecule has 0 spiro atoms. The molecule has 0 aromatic rings. The Hall–Kier alpha value is 0.620. The van der Waals surface area contributed by atoms with E-state index in [4.69, 9.17) is 4.89 Å². The second kappa shape index (κ2) is 4.74. The zero-order valence-corrected chi connectivity index (χ0v) is 10.4. The average Bonchev–Trinajstić information content (AvgIpc) is 1.87. The fraction of sp³-hybridized carbons (Fsp3) is 0.800. The van der Waals surface area contributed by atoms with Crippen molar-refractivity contribution in [2.45, 2.75) is 19.0 Å². The van der Waals surface area contributed by atoms with Gasteiger partial charge in [0.25, 0.3) is 0 Å². The quantitative estimate of drug-likeness (QED) is 0.378. The molecule has 5 nitrogen and oxygen atoms in total. The van der Waals surface area contributed by atoms with Gasteiger partial charge in [-0.05, 0) is 13.8 Å². The standard InChI is InChI=1S/C5H11O5P.Na/c1-5(2,4(6)7)11(8,9)10-3;/h1-3H3,(H,6,7)(H,8,9);/q;+1/p-1. The molecule has 0 rings (SSSR count). The minimum Gasteiger partial charge on any atom is -0.549 e. The van der Waals surface area contributed by atoms with Crippen LogP contribution in [0.4, 0.5) is 0 Å². The zero-order chi connectivity index (χ0) is 9.28. The summed E-state index contributed by atoms with van der Waals surface area (Å²) in [5, 5.41) is 8.44. The molecule has 0 aliphatic rings. The van der Waals surface area contributed by atoms with Gasteiger partial charge in [-0.2, -0.15) is 0 Å². The molecule has 0 aliphatic carbocycles. The van der Waals surface area contributed by atoms with E-state index in [9.17, 15) is 14.5 Å². The molecule has 12 heavy (non-hydrogen) atoms. The summed E-state index contributed by atoms with van der Waals surface area (Å²) in [5.41, 5.74) is 0. The van der Waals surface area contributed by atoms with E-state index < -0.39 is 18.7 Å². The van der Waals surface area contributed by atoms with Crippen molar-refractivity contribution in [3.63, 3.8) is 0 Å². The predicted octanol–water partition coefficient (Wildman–Crippen LogP) is -3.65. The molecule has 0 aromatic heterocycles. The van der Waals surface area contributed by atoms with Crippen molar-refractivity contribution < 1.29 is 53.4 Å². The molecule has 1 unspecified atom stereocenters. The normalized spacial score (nSPS) is 16.0. The van der Waals surface area contributed by atoms with Crippen molar-refractivity contribution in [1.29, 1.82) is 0 Å². The number of rotatable bonds is 3. The van der Waals surface area contributed by atoms with Crippen molar-refractivity contribution in [2.75, 3.05) is 7.11 Å². The molecule has 0 aliphatic heterocycles. The Labute approximate surface area is 92.9 Å². The third-order valence-electron chi connectivity index (χ3n) is 1.45. The van der Waals surface area contributed by atoms with Crippen molar-refractivity contribution >= 4 is 13.6 Å². The first kappa shape index (κ1) is 15.1. The van der Waals surface area contributed by atoms with Crippen molar-refractivity contribution in [2.24, 2.45) is 0 Å². The van der Waals surface area contributed by atoms with Gasteiger partial charge in [-0.3, -0.25) is 4.57 Å². The molecule has 0 bridgehead atoms. The van der Waals surface area contributed by atoms with E-state index in [0.29, 0.717) is 0 Å². The van der Waals surface area contributed by atoms with E-state index in [-0.39, 0.29) is 29.6 Å². The van der Waals surface area contributed by atoms with Crippen molar-refractivity contribution in [1.82, 2.24) is 0 Å². The summed E-state index contributed by atoms with van der Waals surface area (Å²) < 4.78 is 15.1. The third-order valence-corrected chi connectivity index (χ3v) is 3.54. The van der Waals surface area contributed by atoms with Gasteiger partial charge in [0.2, 0.25) is 0 Å². The minimum atomic E-state index is -4.09. The summed E-state index contributed by atoms with van der Waals surface area (Å²) in [4.78, 5) is 19.2. The molecule has 0 amide bonds. The Balaban J connectivity index is 0. The van der Waals surface area contributed by atoms with Gasteiger partial charge in [-0.15, -0.1) is 0 Å². The van der Waals surface area contributed by atoms with Crippen LogP contribution >= 0.6 is 7.60 Å². The van der Waals surface area contributed by atoms with Crippen LogP contribution in [-0.4, -0.2) is 23.1 Å². The van der Waals surface area contributed by atoms with Gasteiger partial charge in [0, 0.05) is 7.11 Å². The molecular weight excluding hydrogens is 194 g/mol. The third kappa shape index (κ3) is 2.83. The summed E-state index contributed by atoms with van der Waals surface area (Å²) in [6, 6.07) is 0. The van der Waals surface area contributed by atoms with Crippen LogP contribution in [-0.2, 0) is 13.9 Å². The van der Waals surface area contributed by atoms with Crippen LogP contribution in [0, 0.1) is 0 Å². The van der Waals surface area contributed by atoms with E-state index in [1.807, 2.05) is 0 Å². The first-order chi connectivity index (χ1) is 4.75. The van der Waals surface area contributed by atoms with Crippen LogP contribution in [0.25, 0.3) is 0 Å². The number of carbonyl (C=O) groups excluding carboxylic acids is 1. The maximum absolute atomic E-state index is 11.0. The molecule has 0 heterocycles. The molecule has 0 fully saturated rings. The Kier molecular flexibility index (Phi) is 5.97. The van der Waals surface area contributed by atoms with Crippen LogP contribution < -0.4 is 34.7 Å². The minimum absolute atomic E-state index is 0. The Morgan fingerprint density at radius 3 is 2.00 bits per heavy atom. The predicted molar refractivity (Wildman–Crippen MR) is 35.9 cm³/mol. The van der Waals surface area contributed by atoms with Crippen LogP contribution in [0.3, 0.4) is 0 Å². The van der Waals surface area contributed by atoms with Gasteiger partial charge in [0.15, 0.2) is 0 Å². The van der Waals surface area contributed by atoms with Crippen LogP contribution in [0.1, 0.15) is 13.8 Å². The molecule has 66 valence electrons. The Bertz CT molecular complexity index is 214. The number of carboxylic acids is 1. The van der Waals surface area contributed by atoms with E-state index in [1.165, 1.54) is 0 Å². The Morgan fingerprint density at radius 2 is 1.92 bits per heavy atom. The number of carbonyl (C=O) groups is 1. The molecule has 0 saturated carbocycles. The van der Waals surface area contributed by atoms with Crippen LogP contribution in [0.2, 0.25) is 0 Å². The summed E-state index contributed by atoms with van der Waals surface area (Å²) in [6.45, 7) is 2.15. The van der Waals surface area contributed by atoms with E-state index in [2.05, 4.69) is 4.52 Å². The number of aliphatic carboxylic acids is 1. The van der Waals surface area contributed by atoms with E-state index >= 15 is 0 Å². The summed E-state index contributed by atoms with van der Waals surface area (Å²) in [6.07, 6.45) is 0. The maximum atomic E-state index is 11.0. The largest absolute Gasteiger partial charge is 1.00 e. The SMILES string of the molecule is COP(=O)(O)C(C)(C)C(=O)[O-].[Na+]. The van der Waals surface area contributed by atoms with E-state index in [1.54, 1.807) is 0 Å². The van der Waals surface area contributed by atoms with Gasteiger partial charge in [0.05, 0.1) is 5.97 Å². The molecule has 1 atom stereocenters. The topological polar surface area (TPSA) is 86.7 Å². The van der Waals surface area contributed by atoms with Gasteiger partial charge in [-0.25, -0.2) is 0 Å². The van der Waals surface area contributed by atoms with Crippen LogP contribution in [0.5, 0.6) is 0 Å². The molecule has 1 N–H and O–H groups in total. The van der Waals surface area contributed by atoms with Gasteiger partial charge in [-0.1, -0.05) is 0 Å². The molecule has 0 saturated heterocycles. The smallest absolute Gasteiger partial charge is 0.549 e. The second-order valence-corrected chi connectivity index (χ2v) is 5.07. The molecular formula is C5H10NaO5P. The number of carboxylic acid groups (broad SMARTS) is 1. The summed E-state index contributed by atoms with van der Waals surface area (Å²) in [5.74, 6) is -1.61. The summed E-state index contributed by atoms with van der Waals surface area (Å²) in [7, 11) is -3.12. The second-order valence-electron chi connectivity index (χ2n) is 2.55. The summed E-state index contributed by atoms with van der Waals surface area (Å²) >= 11 is 0. The number of hydrogen-bond acceptors (Lipinski definition) is 4. The average molecular weight is 204 g/mol. The molecule has 7 heteroatoms. The van der Waals surface area contributed by atoms with Crippen molar-refractivity contribution in [3.8, 4) is 0 Å². The van der Waals surface area contributed by atoms with Crippen molar-refractivity contribution in [3.05, 3.63) is 0 Å². The molecule has 0 aromatic carbocycles. The monoisotopic (exact) mass is 204 g/mol. The Morgan fingerprint density at radius 1 is 1.58 bits per heavy atom. The fourth-order valence-electron chi connectivity index (χ4n) is 0.344. The van der Waals surface area contributed by atoms with E-state index in [0.717, 1.165) is 21.0 Å². The first-order valence-electron chi connectivity index (χ1n) is 2.86. The fourth-order valence-corrected chi connectivity index (χ4v) is 1.03. The van der Waals surface area contributed by atoms with Crippen LogP contribution in [0.15, 0.2) is 0 Å². The first-order valence-corrected chi connectivity index (χ1v) is 4.43. The van der Waals surface area contributed by atoms with Gasteiger partial charge >= 0.3 is 37.2 Å². The zero-order valence-electron chi connectivity index (χ0n) is 7.53.